The normalized spacial score (nSPS) is 17.0. The van der Waals surface area contributed by atoms with Gasteiger partial charge in [-0.3, -0.25) is 0 Å². The van der Waals surface area contributed by atoms with E-state index in [1.165, 1.54) is 18.5 Å². The smallest absolute Gasteiger partial charge is 0.0798 e. The van der Waals surface area contributed by atoms with Crippen molar-refractivity contribution in [3.05, 3.63) is 47.7 Å². The van der Waals surface area contributed by atoms with Crippen LogP contribution in [0.3, 0.4) is 0 Å². The van der Waals surface area contributed by atoms with E-state index in [1.54, 1.807) is 11.1 Å². The number of hydrogen-bond acceptors (Lipinski definition) is 0. The fraction of sp³-hybridized carbons (Fsp3) is 0.273. The Morgan fingerprint density at radius 1 is 1.25 bits per heavy atom. The molecule has 1 aliphatic heterocycles. The highest BCUT2D eigenvalue weighted by molar-refractivity contribution is 6.63. The molecule has 0 saturated carbocycles. The lowest BCUT2D eigenvalue weighted by molar-refractivity contribution is 1.03. The maximum Gasteiger partial charge on any atom is 0.0798 e. The van der Waals surface area contributed by atoms with Crippen molar-refractivity contribution in [3.63, 3.8) is 0 Å². The monoisotopic (exact) mass is 173 g/mol. The summed E-state index contributed by atoms with van der Waals surface area (Å²) in [5, 5.41) is 0. The quantitative estimate of drug-likeness (QED) is 0.573. The molecule has 1 heterocycles. The maximum absolute atomic E-state index is 3.90. The van der Waals surface area contributed by atoms with E-state index in [0.29, 0.717) is 0 Å². The molecular weight excluding hydrogens is 160 g/mol. The van der Waals surface area contributed by atoms with Crippen molar-refractivity contribution in [2.45, 2.75) is 18.5 Å². The minimum Gasteiger partial charge on any atom is -0.107 e. The van der Waals surface area contributed by atoms with Crippen molar-refractivity contribution < 1.29 is 0 Å². The highest BCUT2D eigenvalue weighted by Crippen LogP contribution is 2.20. The largest absolute Gasteiger partial charge is 0.107 e. The Labute approximate surface area is 75.5 Å². The third-order valence-electron chi connectivity index (χ3n) is 2.54. The fourth-order valence-electron chi connectivity index (χ4n) is 1.78. The van der Waals surface area contributed by atoms with Crippen LogP contribution in [0.4, 0.5) is 0 Å². The van der Waals surface area contributed by atoms with Crippen molar-refractivity contribution in [3.8, 4) is 0 Å². The molecule has 0 N–H and O–H groups in total. The summed E-state index contributed by atoms with van der Waals surface area (Å²) in [5.74, 6) is 0. The standard InChI is InChI=1S/C11H13Si/c1-2-12-8-7-10-5-3-4-6-11(10)9-12/h2-6H,1,7-9H2. The predicted octanol–water partition coefficient (Wildman–Crippen LogP) is 2.54. The predicted molar refractivity (Wildman–Crippen MR) is 54.6 cm³/mol. The molecule has 0 aromatic heterocycles. The summed E-state index contributed by atoms with van der Waals surface area (Å²) in [7, 11) is -0.235. The van der Waals surface area contributed by atoms with Crippen LogP contribution in [0.1, 0.15) is 11.1 Å². The van der Waals surface area contributed by atoms with Gasteiger partial charge >= 0.3 is 0 Å². The van der Waals surface area contributed by atoms with Gasteiger partial charge in [0, 0.05) is 0 Å². The molecule has 0 unspecified atom stereocenters. The third kappa shape index (κ3) is 1.37. The zero-order chi connectivity index (χ0) is 8.39. The second kappa shape index (κ2) is 3.28. The van der Waals surface area contributed by atoms with Crippen molar-refractivity contribution in [2.75, 3.05) is 0 Å². The molecule has 1 radical (unpaired) electrons. The van der Waals surface area contributed by atoms with E-state index in [0.717, 1.165) is 0 Å². The number of benzene rings is 1. The highest BCUT2D eigenvalue weighted by Gasteiger charge is 2.16. The lowest BCUT2D eigenvalue weighted by Crippen LogP contribution is -2.20. The number of aryl methyl sites for hydroxylation is 1. The van der Waals surface area contributed by atoms with Gasteiger partial charge in [0.1, 0.15) is 0 Å². The van der Waals surface area contributed by atoms with Crippen molar-refractivity contribution in [1.82, 2.24) is 0 Å². The minimum absolute atomic E-state index is 0.235. The lowest BCUT2D eigenvalue weighted by Gasteiger charge is -2.19. The van der Waals surface area contributed by atoms with E-state index in [4.69, 9.17) is 0 Å². The van der Waals surface area contributed by atoms with Crippen LogP contribution in [-0.4, -0.2) is 8.80 Å². The number of rotatable bonds is 1. The number of fused-ring (bicyclic) bond motifs is 1. The van der Waals surface area contributed by atoms with Crippen molar-refractivity contribution in [2.24, 2.45) is 0 Å². The Hall–Kier alpha value is -0.823. The molecule has 1 aromatic rings. The summed E-state index contributed by atoms with van der Waals surface area (Å²) >= 11 is 0. The van der Waals surface area contributed by atoms with Crippen LogP contribution < -0.4 is 0 Å². The van der Waals surface area contributed by atoms with E-state index < -0.39 is 0 Å². The second-order valence-electron chi connectivity index (χ2n) is 3.31. The Morgan fingerprint density at radius 3 is 2.75 bits per heavy atom. The van der Waals surface area contributed by atoms with Crippen LogP contribution in [0.2, 0.25) is 6.04 Å². The van der Waals surface area contributed by atoms with Crippen LogP contribution in [0, 0.1) is 0 Å². The average molecular weight is 173 g/mol. The van der Waals surface area contributed by atoms with Gasteiger partial charge < -0.3 is 0 Å². The van der Waals surface area contributed by atoms with Crippen LogP contribution in [0.5, 0.6) is 0 Å². The van der Waals surface area contributed by atoms with Gasteiger partial charge in [0.2, 0.25) is 0 Å². The zero-order valence-electron chi connectivity index (χ0n) is 7.22. The van der Waals surface area contributed by atoms with Crippen LogP contribution >= 0.6 is 0 Å². The van der Waals surface area contributed by atoms with E-state index in [9.17, 15) is 0 Å². The summed E-state index contributed by atoms with van der Waals surface area (Å²) in [4.78, 5) is 0. The number of hydrogen-bond donors (Lipinski definition) is 0. The Morgan fingerprint density at radius 2 is 2.00 bits per heavy atom. The molecule has 0 nitrogen and oxygen atoms in total. The molecule has 61 valence electrons. The molecule has 1 aliphatic rings. The molecule has 0 saturated heterocycles. The van der Waals surface area contributed by atoms with Crippen LogP contribution in [-0.2, 0) is 12.5 Å². The molecule has 0 bridgehead atoms. The van der Waals surface area contributed by atoms with Gasteiger partial charge in [0.15, 0.2) is 0 Å². The topological polar surface area (TPSA) is 0 Å². The first-order valence-corrected chi connectivity index (χ1v) is 6.43. The Kier molecular flexibility index (Phi) is 2.13. The molecule has 2 rings (SSSR count). The van der Waals surface area contributed by atoms with E-state index in [-0.39, 0.29) is 8.80 Å². The molecular formula is C11H13Si. The van der Waals surface area contributed by atoms with E-state index >= 15 is 0 Å². The van der Waals surface area contributed by atoms with Gasteiger partial charge in [-0.1, -0.05) is 30.3 Å². The van der Waals surface area contributed by atoms with Gasteiger partial charge in [-0.05, 0) is 23.6 Å². The third-order valence-corrected chi connectivity index (χ3v) is 4.84. The molecule has 0 fully saturated rings. The first-order valence-electron chi connectivity index (χ1n) is 4.44. The molecule has 12 heavy (non-hydrogen) atoms. The van der Waals surface area contributed by atoms with Gasteiger partial charge in [0.05, 0.1) is 8.80 Å². The first kappa shape index (κ1) is 7.81. The Bertz CT molecular complexity index is 291. The molecule has 0 amide bonds. The van der Waals surface area contributed by atoms with Gasteiger partial charge in [0.25, 0.3) is 0 Å². The molecule has 0 aliphatic carbocycles. The van der Waals surface area contributed by atoms with Crippen LogP contribution in [0.15, 0.2) is 36.5 Å². The molecule has 0 spiro atoms. The Balaban J connectivity index is 2.28. The zero-order valence-corrected chi connectivity index (χ0v) is 8.22. The van der Waals surface area contributed by atoms with Crippen LogP contribution in [0.25, 0.3) is 0 Å². The van der Waals surface area contributed by atoms with Gasteiger partial charge in [-0.2, -0.15) is 0 Å². The molecule has 0 atom stereocenters. The summed E-state index contributed by atoms with van der Waals surface area (Å²) in [5.41, 5.74) is 5.33. The first-order chi connectivity index (χ1) is 5.90. The van der Waals surface area contributed by atoms with E-state index in [1.807, 2.05) is 0 Å². The second-order valence-corrected chi connectivity index (χ2v) is 5.89. The lowest BCUT2D eigenvalue weighted by atomic mass is 10.1. The van der Waals surface area contributed by atoms with Crippen molar-refractivity contribution in [1.29, 1.82) is 0 Å². The molecule has 1 heteroatoms. The highest BCUT2D eigenvalue weighted by atomic mass is 28.3. The summed E-state index contributed by atoms with van der Waals surface area (Å²) in [6, 6.07) is 11.5. The summed E-state index contributed by atoms with van der Waals surface area (Å²) in [6.45, 7) is 3.90. The summed E-state index contributed by atoms with van der Waals surface area (Å²) in [6.07, 6.45) is 1.27. The van der Waals surface area contributed by atoms with Gasteiger partial charge in [-0.25, -0.2) is 0 Å². The maximum atomic E-state index is 3.90. The average Bonchev–Trinajstić information content (AvgIpc) is 2.17. The van der Waals surface area contributed by atoms with Crippen molar-refractivity contribution >= 4 is 8.80 Å². The van der Waals surface area contributed by atoms with E-state index in [2.05, 4.69) is 36.5 Å². The summed E-state index contributed by atoms with van der Waals surface area (Å²) < 4.78 is 0. The SMILES string of the molecule is C=C[Si]1CCc2ccccc2C1. The fourth-order valence-corrected chi connectivity index (χ4v) is 3.73. The minimum atomic E-state index is -0.235. The van der Waals surface area contributed by atoms with Gasteiger partial charge in [-0.15, -0.1) is 12.3 Å². The molecule has 1 aromatic carbocycles.